The highest BCUT2D eigenvalue weighted by molar-refractivity contribution is 6.36. The largest absolute Gasteiger partial charge is 0.0843 e. The van der Waals surface area contributed by atoms with E-state index < -0.39 is 0 Å². The van der Waals surface area contributed by atoms with Crippen LogP contribution in [0.2, 0.25) is 20.1 Å². The molecular weight excluding hydrogens is 310 g/mol. The van der Waals surface area contributed by atoms with Crippen LogP contribution in [-0.2, 0) is 0 Å². The van der Waals surface area contributed by atoms with Crippen molar-refractivity contribution in [3.05, 3.63) is 67.6 Å². The molecule has 0 unspecified atom stereocenters. The summed E-state index contributed by atoms with van der Waals surface area (Å²) in [6.07, 6.45) is 0. The van der Waals surface area contributed by atoms with Crippen LogP contribution >= 0.6 is 46.4 Å². The Morgan fingerprint density at radius 3 is 1.33 bits per heavy atom. The van der Waals surface area contributed by atoms with E-state index in [4.69, 9.17) is 46.4 Å². The SMILES string of the molecule is Clc1ccc(C#Cc2ccc(Cl)cc2Cl)c(Cl)c1. The predicted octanol–water partition coefficient (Wildman–Crippen LogP) is 5.70. The van der Waals surface area contributed by atoms with Crippen molar-refractivity contribution in [2.24, 2.45) is 0 Å². The molecule has 0 saturated carbocycles. The van der Waals surface area contributed by atoms with Crippen LogP contribution in [0, 0.1) is 11.8 Å². The maximum atomic E-state index is 6.02. The fraction of sp³-hybridized carbons (Fsp3) is 0. The molecule has 2 rings (SSSR count). The third-order valence-corrected chi connectivity index (χ3v) is 3.29. The molecule has 0 aromatic heterocycles. The molecule has 4 heteroatoms. The molecule has 0 bridgehead atoms. The van der Waals surface area contributed by atoms with Crippen molar-refractivity contribution in [3.8, 4) is 11.8 Å². The molecule has 0 aliphatic rings. The van der Waals surface area contributed by atoms with Crippen molar-refractivity contribution in [2.45, 2.75) is 0 Å². The summed E-state index contributed by atoms with van der Waals surface area (Å²) < 4.78 is 0. The van der Waals surface area contributed by atoms with Gasteiger partial charge in [0, 0.05) is 21.2 Å². The molecule has 2 aromatic carbocycles. The zero-order chi connectivity index (χ0) is 13.1. The normalized spacial score (nSPS) is 9.78. The summed E-state index contributed by atoms with van der Waals surface area (Å²) in [5.41, 5.74) is 1.40. The summed E-state index contributed by atoms with van der Waals surface area (Å²) in [5, 5.41) is 2.19. The number of halogens is 4. The molecule has 0 heterocycles. The van der Waals surface area contributed by atoms with Gasteiger partial charge >= 0.3 is 0 Å². The van der Waals surface area contributed by atoms with Crippen molar-refractivity contribution in [3.63, 3.8) is 0 Å². The smallest absolute Gasteiger partial charge is 0.0577 e. The van der Waals surface area contributed by atoms with Crippen LogP contribution in [0.5, 0.6) is 0 Å². The summed E-state index contributed by atoms with van der Waals surface area (Å²) in [6, 6.07) is 10.3. The van der Waals surface area contributed by atoms with Crippen LogP contribution < -0.4 is 0 Å². The van der Waals surface area contributed by atoms with E-state index in [-0.39, 0.29) is 0 Å². The molecule has 0 spiro atoms. The summed E-state index contributed by atoms with van der Waals surface area (Å²) in [7, 11) is 0. The van der Waals surface area contributed by atoms with Crippen LogP contribution in [0.25, 0.3) is 0 Å². The van der Waals surface area contributed by atoms with E-state index in [9.17, 15) is 0 Å². The van der Waals surface area contributed by atoms with Gasteiger partial charge in [-0.25, -0.2) is 0 Å². The van der Waals surface area contributed by atoms with Crippen LogP contribution in [0.4, 0.5) is 0 Å². The standard InChI is InChI=1S/C14H6Cl4/c15-11-5-3-9(13(17)7-11)1-2-10-4-6-12(16)8-14(10)18/h3-8H. The monoisotopic (exact) mass is 314 g/mol. The highest BCUT2D eigenvalue weighted by Gasteiger charge is 1.99. The van der Waals surface area contributed by atoms with E-state index in [1.807, 2.05) is 0 Å². The molecule has 2 aromatic rings. The highest BCUT2D eigenvalue weighted by atomic mass is 35.5. The van der Waals surface area contributed by atoms with Crippen molar-refractivity contribution in [2.75, 3.05) is 0 Å². The first-order chi connectivity index (χ1) is 8.56. The summed E-state index contributed by atoms with van der Waals surface area (Å²) in [5.74, 6) is 5.90. The Labute approximate surface area is 125 Å². The Morgan fingerprint density at radius 2 is 1.00 bits per heavy atom. The fourth-order valence-corrected chi connectivity index (χ4v) is 2.23. The molecule has 0 amide bonds. The first-order valence-electron chi connectivity index (χ1n) is 4.98. The Morgan fingerprint density at radius 1 is 0.611 bits per heavy atom. The van der Waals surface area contributed by atoms with Gasteiger partial charge < -0.3 is 0 Å². The molecule has 0 atom stereocenters. The van der Waals surface area contributed by atoms with Gasteiger partial charge in [0.2, 0.25) is 0 Å². The van der Waals surface area contributed by atoms with Gasteiger partial charge in [-0.1, -0.05) is 58.2 Å². The summed E-state index contributed by atoms with van der Waals surface area (Å²) >= 11 is 23.7. The Bertz CT molecular complexity index is 595. The predicted molar refractivity (Wildman–Crippen MR) is 78.9 cm³/mol. The Balaban J connectivity index is 2.37. The molecular formula is C14H6Cl4. The van der Waals surface area contributed by atoms with E-state index in [1.54, 1.807) is 36.4 Å². The molecule has 0 fully saturated rings. The van der Waals surface area contributed by atoms with Gasteiger partial charge in [-0.2, -0.15) is 0 Å². The van der Waals surface area contributed by atoms with Crippen LogP contribution in [0.15, 0.2) is 36.4 Å². The van der Waals surface area contributed by atoms with Crippen LogP contribution in [0.3, 0.4) is 0 Å². The molecule has 18 heavy (non-hydrogen) atoms. The lowest BCUT2D eigenvalue weighted by Gasteiger charge is -1.97. The molecule has 90 valence electrons. The van der Waals surface area contributed by atoms with Gasteiger partial charge in [0.1, 0.15) is 0 Å². The second-order valence-electron chi connectivity index (χ2n) is 3.50. The number of benzene rings is 2. The fourth-order valence-electron chi connectivity index (χ4n) is 1.32. The Hall–Kier alpha value is -0.840. The maximum absolute atomic E-state index is 6.02. The van der Waals surface area contributed by atoms with Crippen molar-refractivity contribution in [1.82, 2.24) is 0 Å². The first-order valence-corrected chi connectivity index (χ1v) is 6.49. The molecule has 0 saturated heterocycles. The van der Waals surface area contributed by atoms with Gasteiger partial charge in [-0.05, 0) is 36.4 Å². The lowest BCUT2D eigenvalue weighted by atomic mass is 10.2. The molecule has 0 aliphatic heterocycles. The molecule has 0 nitrogen and oxygen atoms in total. The van der Waals surface area contributed by atoms with E-state index >= 15 is 0 Å². The number of hydrogen-bond donors (Lipinski definition) is 0. The quantitative estimate of drug-likeness (QED) is 0.547. The van der Waals surface area contributed by atoms with E-state index in [1.165, 1.54) is 0 Å². The topological polar surface area (TPSA) is 0 Å². The second kappa shape index (κ2) is 5.87. The van der Waals surface area contributed by atoms with E-state index in [2.05, 4.69) is 11.8 Å². The minimum Gasteiger partial charge on any atom is -0.0843 e. The lowest BCUT2D eigenvalue weighted by Crippen LogP contribution is -1.80. The number of rotatable bonds is 0. The summed E-state index contributed by atoms with van der Waals surface area (Å²) in [6.45, 7) is 0. The minimum atomic E-state index is 0.514. The van der Waals surface area contributed by atoms with E-state index in [0.717, 1.165) is 0 Å². The molecule has 0 N–H and O–H groups in total. The zero-order valence-electron chi connectivity index (χ0n) is 8.98. The van der Waals surface area contributed by atoms with E-state index in [0.29, 0.717) is 31.2 Å². The van der Waals surface area contributed by atoms with Crippen LogP contribution in [-0.4, -0.2) is 0 Å². The average molecular weight is 316 g/mol. The lowest BCUT2D eigenvalue weighted by molar-refractivity contribution is 1.62. The average Bonchev–Trinajstić information content (AvgIpc) is 2.30. The van der Waals surface area contributed by atoms with Gasteiger partial charge in [0.15, 0.2) is 0 Å². The van der Waals surface area contributed by atoms with Crippen molar-refractivity contribution < 1.29 is 0 Å². The van der Waals surface area contributed by atoms with Gasteiger partial charge in [-0.15, -0.1) is 0 Å². The van der Waals surface area contributed by atoms with Gasteiger partial charge in [0.05, 0.1) is 10.0 Å². The first kappa shape index (κ1) is 13.6. The van der Waals surface area contributed by atoms with Crippen molar-refractivity contribution >= 4 is 46.4 Å². The molecule has 0 radical (unpaired) electrons. The third-order valence-electron chi connectivity index (χ3n) is 2.19. The maximum Gasteiger partial charge on any atom is 0.0577 e. The van der Waals surface area contributed by atoms with Gasteiger partial charge in [-0.3, -0.25) is 0 Å². The highest BCUT2D eigenvalue weighted by Crippen LogP contribution is 2.22. The zero-order valence-corrected chi connectivity index (χ0v) is 12.0. The third kappa shape index (κ3) is 3.34. The number of hydrogen-bond acceptors (Lipinski definition) is 0. The van der Waals surface area contributed by atoms with Gasteiger partial charge in [0.25, 0.3) is 0 Å². The second-order valence-corrected chi connectivity index (χ2v) is 5.19. The minimum absolute atomic E-state index is 0.514. The Kier molecular flexibility index (Phi) is 4.43. The van der Waals surface area contributed by atoms with Crippen molar-refractivity contribution in [1.29, 1.82) is 0 Å². The molecule has 0 aliphatic carbocycles. The van der Waals surface area contributed by atoms with Crippen LogP contribution in [0.1, 0.15) is 11.1 Å². The summed E-state index contributed by atoms with van der Waals surface area (Å²) in [4.78, 5) is 0.